The van der Waals surface area contributed by atoms with Gasteiger partial charge in [-0.15, -0.1) is 0 Å². The Bertz CT molecular complexity index is 391. The van der Waals surface area contributed by atoms with Crippen LogP contribution in [0.5, 0.6) is 0 Å². The molecule has 0 aliphatic rings. The van der Waals surface area contributed by atoms with Crippen LogP contribution in [-0.2, 0) is 10.0 Å². The number of hydrogen-bond acceptors (Lipinski definition) is 4. The summed E-state index contributed by atoms with van der Waals surface area (Å²) in [6.07, 6.45) is 1.57. The van der Waals surface area contributed by atoms with E-state index in [1.807, 2.05) is 0 Å². The van der Waals surface area contributed by atoms with E-state index in [1.54, 1.807) is 31.4 Å². The number of aromatic nitrogens is 1. The van der Waals surface area contributed by atoms with E-state index < -0.39 is 10.0 Å². The summed E-state index contributed by atoms with van der Waals surface area (Å²) >= 11 is 0. The number of anilines is 1. The van der Waals surface area contributed by atoms with E-state index in [9.17, 15) is 8.42 Å². The maximum atomic E-state index is 11.7. The molecule has 0 atom stereocenters. The van der Waals surface area contributed by atoms with Crippen LogP contribution >= 0.6 is 0 Å². The molecule has 0 saturated heterocycles. The fourth-order valence-corrected chi connectivity index (χ4v) is 2.18. The van der Waals surface area contributed by atoms with E-state index in [0.717, 1.165) is 0 Å². The van der Waals surface area contributed by atoms with Gasteiger partial charge in [0.2, 0.25) is 10.0 Å². The first kappa shape index (κ1) is 11.9. The number of hydrogen-bond donors (Lipinski definition) is 1. The first-order valence-corrected chi connectivity index (χ1v) is 6.21. The minimum absolute atomic E-state index is 0.0660. The van der Waals surface area contributed by atoms with Crippen molar-refractivity contribution in [3.63, 3.8) is 0 Å². The van der Waals surface area contributed by atoms with Crippen molar-refractivity contribution in [2.75, 3.05) is 30.7 Å². The molecule has 6 heteroatoms. The van der Waals surface area contributed by atoms with Gasteiger partial charge in [-0.1, -0.05) is 6.07 Å². The van der Waals surface area contributed by atoms with E-state index in [4.69, 9.17) is 0 Å². The first-order chi connectivity index (χ1) is 7.08. The predicted molar refractivity (Wildman–Crippen MR) is 60.4 cm³/mol. The number of rotatable bonds is 5. The van der Waals surface area contributed by atoms with Crippen LogP contribution in [0.4, 0.5) is 5.82 Å². The summed E-state index contributed by atoms with van der Waals surface area (Å²) in [6.45, 7) is 0.430. The van der Waals surface area contributed by atoms with Crippen LogP contribution in [0, 0.1) is 0 Å². The monoisotopic (exact) mass is 229 g/mol. The fourth-order valence-electron chi connectivity index (χ4n) is 1.05. The van der Waals surface area contributed by atoms with Gasteiger partial charge in [0.25, 0.3) is 0 Å². The Morgan fingerprint density at radius 1 is 1.47 bits per heavy atom. The molecule has 1 aromatic heterocycles. The molecule has 0 amide bonds. The Hall–Kier alpha value is -1.14. The highest BCUT2D eigenvalue weighted by Gasteiger charge is 2.17. The second-order valence-electron chi connectivity index (χ2n) is 3.07. The van der Waals surface area contributed by atoms with Crippen molar-refractivity contribution in [3.05, 3.63) is 24.4 Å². The molecule has 1 rings (SSSR count). The van der Waals surface area contributed by atoms with Crippen molar-refractivity contribution in [2.45, 2.75) is 0 Å². The molecule has 1 aromatic rings. The van der Waals surface area contributed by atoms with Crippen LogP contribution in [0.25, 0.3) is 0 Å². The zero-order valence-electron chi connectivity index (χ0n) is 8.84. The lowest BCUT2D eigenvalue weighted by molar-refractivity contribution is 0.591. The molecular formula is C9H15N3O2S. The van der Waals surface area contributed by atoms with Crippen molar-refractivity contribution >= 4 is 15.8 Å². The van der Waals surface area contributed by atoms with Crippen LogP contribution in [0.3, 0.4) is 0 Å². The van der Waals surface area contributed by atoms with Crippen molar-refractivity contribution in [1.82, 2.24) is 10.3 Å². The van der Waals surface area contributed by atoms with Gasteiger partial charge in [0.1, 0.15) is 5.82 Å². The maximum Gasteiger partial charge on any atom is 0.237 e. The summed E-state index contributed by atoms with van der Waals surface area (Å²) in [6, 6.07) is 5.17. The van der Waals surface area contributed by atoms with Crippen molar-refractivity contribution in [1.29, 1.82) is 0 Å². The summed E-state index contributed by atoms with van der Waals surface area (Å²) in [5.41, 5.74) is 0. The van der Waals surface area contributed by atoms with Crippen LogP contribution in [0.1, 0.15) is 0 Å². The average molecular weight is 229 g/mol. The molecule has 0 aromatic carbocycles. The number of pyridine rings is 1. The van der Waals surface area contributed by atoms with Crippen LogP contribution < -0.4 is 9.62 Å². The van der Waals surface area contributed by atoms with E-state index in [-0.39, 0.29) is 5.75 Å². The molecule has 84 valence electrons. The molecule has 5 nitrogen and oxygen atoms in total. The quantitative estimate of drug-likeness (QED) is 0.776. The average Bonchev–Trinajstić information content (AvgIpc) is 2.26. The highest BCUT2D eigenvalue weighted by atomic mass is 32.2. The largest absolute Gasteiger partial charge is 0.319 e. The van der Waals surface area contributed by atoms with Crippen LogP contribution in [-0.4, -0.2) is 39.8 Å². The molecule has 0 saturated carbocycles. The lowest BCUT2D eigenvalue weighted by Gasteiger charge is -2.17. The SMILES string of the molecule is CNCCS(=O)(=O)N(C)c1ccccn1. The zero-order valence-corrected chi connectivity index (χ0v) is 9.66. The van der Waals surface area contributed by atoms with E-state index in [0.29, 0.717) is 12.4 Å². The molecule has 15 heavy (non-hydrogen) atoms. The summed E-state index contributed by atoms with van der Waals surface area (Å²) in [7, 11) is -0.0413. The number of sulfonamides is 1. The lowest BCUT2D eigenvalue weighted by atomic mass is 10.5. The van der Waals surface area contributed by atoms with Gasteiger partial charge >= 0.3 is 0 Å². The number of nitrogens with one attached hydrogen (secondary N) is 1. The molecule has 0 fully saturated rings. The Morgan fingerprint density at radius 3 is 2.73 bits per heavy atom. The van der Waals surface area contributed by atoms with Crippen LogP contribution in [0.2, 0.25) is 0 Å². The summed E-state index contributed by atoms with van der Waals surface area (Å²) in [5, 5.41) is 2.80. The lowest BCUT2D eigenvalue weighted by Crippen LogP contribution is -2.33. The molecule has 0 aliphatic carbocycles. The molecule has 1 N–H and O–H groups in total. The minimum atomic E-state index is -3.27. The third-order valence-electron chi connectivity index (χ3n) is 2.00. The van der Waals surface area contributed by atoms with Crippen molar-refractivity contribution in [2.24, 2.45) is 0 Å². The third kappa shape index (κ3) is 3.17. The van der Waals surface area contributed by atoms with Gasteiger partial charge in [0, 0.05) is 19.8 Å². The smallest absolute Gasteiger partial charge is 0.237 e. The van der Waals surface area contributed by atoms with E-state index in [1.165, 1.54) is 11.4 Å². The summed E-state index contributed by atoms with van der Waals surface area (Å²) < 4.78 is 24.7. The Balaban J connectivity index is 2.80. The predicted octanol–water partition coefficient (Wildman–Crippen LogP) is 0.0670. The summed E-state index contributed by atoms with van der Waals surface area (Å²) in [4.78, 5) is 3.98. The highest BCUT2D eigenvalue weighted by molar-refractivity contribution is 7.92. The van der Waals surface area contributed by atoms with Gasteiger partial charge in [0.05, 0.1) is 5.75 Å². The topological polar surface area (TPSA) is 62.3 Å². The number of nitrogens with zero attached hydrogens (tertiary/aromatic N) is 2. The standard InChI is InChI=1S/C9H15N3O2S/c1-10-7-8-15(13,14)12(2)9-5-3-4-6-11-9/h3-6,10H,7-8H2,1-2H3. The van der Waals surface area contributed by atoms with Crippen LogP contribution in [0.15, 0.2) is 24.4 Å². The minimum Gasteiger partial charge on any atom is -0.319 e. The Kier molecular flexibility index (Phi) is 4.05. The van der Waals surface area contributed by atoms with E-state index in [2.05, 4.69) is 10.3 Å². The zero-order chi connectivity index (χ0) is 11.3. The van der Waals surface area contributed by atoms with E-state index >= 15 is 0 Å². The van der Waals surface area contributed by atoms with Gasteiger partial charge in [0.15, 0.2) is 0 Å². The molecular weight excluding hydrogens is 214 g/mol. The molecule has 0 bridgehead atoms. The van der Waals surface area contributed by atoms with Gasteiger partial charge in [-0.3, -0.25) is 4.31 Å². The van der Waals surface area contributed by atoms with Gasteiger partial charge in [-0.2, -0.15) is 0 Å². The second-order valence-corrected chi connectivity index (χ2v) is 5.19. The molecule has 0 aliphatic heterocycles. The third-order valence-corrected chi connectivity index (χ3v) is 3.74. The fraction of sp³-hybridized carbons (Fsp3) is 0.444. The highest BCUT2D eigenvalue weighted by Crippen LogP contribution is 2.11. The second kappa shape index (κ2) is 5.09. The van der Waals surface area contributed by atoms with Gasteiger partial charge < -0.3 is 5.32 Å². The maximum absolute atomic E-state index is 11.7. The molecule has 0 spiro atoms. The molecule has 0 radical (unpaired) electrons. The normalized spacial score (nSPS) is 11.3. The van der Waals surface area contributed by atoms with Crippen molar-refractivity contribution < 1.29 is 8.42 Å². The Labute approximate surface area is 90.2 Å². The summed E-state index contributed by atoms with van der Waals surface area (Å²) in [5.74, 6) is 0.505. The van der Waals surface area contributed by atoms with Gasteiger partial charge in [-0.25, -0.2) is 13.4 Å². The Morgan fingerprint density at radius 2 is 2.20 bits per heavy atom. The molecule has 0 unspecified atom stereocenters. The first-order valence-electron chi connectivity index (χ1n) is 4.60. The van der Waals surface area contributed by atoms with Gasteiger partial charge in [-0.05, 0) is 19.2 Å². The molecule has 1 heterocycles. The van der Waals surface area contributed by atoms with Crippen molar-refractivity contribution in [3.8, 4) is 0 Å².